The lowest BCUT2D eigenvalue weighted by molar-refractivity contribution is 0.0146. The van der Waals surface area contributed by atoms with Crippen molar-refractivity contribution in [1.29, 1.82) is 0 Å². The van der Waals surface area contributed by atoms with Crippen LogP contribution in [0.2, 0.25) is 0 Å². The van der Waals surface area contributed by atoms with Crippen LogP contribution >= 0.6 is 0 Å². The number of nitrogens with zero attached hydrogens (tertiary/aromatic N) is 1. The van der Waals surface area contributed by atoms with E-state index < -0.39 is 0 Å². The first kappa shape index (κ1) is 13.4. The number of para-hydroxylation sites is 1. The Hall–Kier alpha value is -1.06. The van der Waals surface area contributed by atoms with Crippen LogP contribution in [0.1, 0.15) is 31.7 Å². The lowest BCUT2D eigenvalue weighted by Crippen LogP contribution is -2.41. The molecule has 100 valence electrons. The second-order valence-electron chi connectivity index (χ2n) is 5.04. The third kappa shape index (κ3) is 3.47. The summed E-state index contributed by atoms with van der Waals surface area (Å²) in [5.41, 5.74) is 8.17. The molecule has 18 heavy (non-hydrogen) atoms. The molecule has 0 spiro atoms. The molecular formula is C15H24N2O. The van der Waals surface area contributed by atoms with Gasteiger partial charge < -0.3 is 10.5 Å². The molecule has 1 aliphatic rings. The minimum Gasteiger partial charge on any atom is -0.398 e. The molecule has 2 N–H and O–H groups in total. The predicted molar refractivity (Wildman–Crippen MR) is 75.4 cm³/mol. The van der Waals surface area contributed by atoms with Crippen molar-refractivity contribution < 1.29 is 4.74 Å². The molecule has 1 heterocycles. The fraction of sp³-hybridized carbons (Fsp3) is 0.600. The Balaban J connectivity index is 2.03. The monoisotopic (exact) mass is 248 g/mol. The molecule has 1 fully saturated rings. The Morgan fingerprint density at radius 2 is 2.22 bits per heavy atom. The van der Waals surface area contributed by atoms with Gasteiger partial charge in [0.25, 0.3) is 0 Å². The smallest absolute Gasteiger partial charge is 0.0621 e. The first-order valence-electron chi connectivity index (χ1n) is 6.96. The number of ether oxygens (including phenoxy) is 1. The third-order valence-corrected chi connectivity index (χ3v) is 3.59. The third-order valence-electron chi connectivity index (χ3n) is 3.59. The van der Waals surface area contributed by atoms with Gasteiger partial charge >= 0.3 is 0 Å². The molecule has 1 atom stereocenters. The zero-order valence-corrected chi connectivity index (χ0v) is 11.3. The summed E-state index contributed by atoms with van der Waals surface area (Å²) in [5.74, 6) is 0. The lowest BCUT2D eigenvalue weighted by Gasteiger charge is -2.34. The Labute approximate surface area is 110 Å². The van der Waals surface area contributed by atoms with Gasteiger partial charge in [-0.2, -0.15) is 0 Å². The van der Waals surface area contributed by atoms with E-state index in [1.165, 1.54) is 24.8 Å². The van der Waals surface area contributed by atoms with E-state index in [9.17, 15) is 0 Å². The van der Waals surface area contributed by atoms with Gasteiger partial charge in [-0.15, -0.1) is 0 Å². The Kier molecular flexibility index (Phi) is 5.02. The molecule has 1 aromatic rings. The summed E-state index contributed by atoms with van der Waals surface area (Å²) in [6.07, 6.45) is 3.59. The fourth-order valence-corrected chi connectivity index (χ4v) is 2.59. The molecule has 0 bridgehead atoms. The molecule has 0 amide bonds. The van der Waals surface area contributed by atoms with Gasteiger partial charge in [0, 0.05) is 24.9 Å². The van der Waals surface area contributed by atoms with Crippen molar-refractivity contribution in [3.05, 3.63) is 29.8 Å². The Morgan fingerprint density at radius 1 is 1.39 bits per heavy atom. The predicted octanol–water partition coefficient (Wildman–Crippen LogP) is 2.66. The SMILES string of the molecule is CCCN(Cc1ccccc1N)C1CCCOC1. The number of hydrogen-bond acceptors (Lipinski definition) is 3. The highest BCUT2D eigenvalue weighted by Gasteiger charge is 2.21. The highest BCUT2D eigenvalue weighted by molar-refractivity contribution is 5.46. The van der Waals surface area contributed by atoms with E-state index in [0.29, 0.717) is 6.04 Å². The van der Waals surface area contributed by atoms with Crippen molar-refractivity contribution in [2.45, 2.75) is 38.8 Å². The van der Waals surface area contributed by atoms with E-state index in [1.807, 2.05) is 12.1 Å². The number of nitrogens with two attached hydrogens (primary N) is 1. The van der Waals surface area contributed by atoms with Crippen LogP contribution in [0.25, 0.3) is 0 Å². The van der Waals surface area contributed by atoms with E-state index >= 15 is 0 Å². The van der Waals surface area contributed by atoms with Crippen LogP contribution in [0.15, 0.2) is 24.3 Å². The van der Waals surface area contributed by atoms with E-state index in [0.717, 1.165) is 32.0 Å². The first-order valence-corrected chi connectivity index (χ1v) is 6.96. The number of rotatable bonds is 5. The van der Waals surface area contributed by atoms with Crippen LogP contribution in [0.4, 0.5) is 5.69 Å². The van der Waals surface area contributed by atoms with Gasteiger partial charge in [-0.1, -0.05) is 25.1 Å². The van der Waals surface area contributed by atoms with Crippen LogP contribution in [-0.2, 0) is 11.3 Å². The topological polar surface area (TPSA) is 38.5 Å². The largest absolute Gasteiger partial charge is 0.398 e. The maximum absolute atomic E-state index is 6.04. The van der Waals surface area contributed by atoms with Crippen LogP contribution < -0.4 is 5.73 Å². The normalized spacial score (nSPS) is 20.2. The van der Waals surface area contributed by atoms with Crippen LogP contribution in [0, 0.1) is 0 Å². The van der Waals surface area contributed by atoms with Crippen molar-refractivity contribution in [2.24, 2.45) is 0 Å². The molecular weight excluding hydrogens is 224 g/mol. The van der Waals surface area contributed by atoms with Crippen molar-refractivity contribution in [1.82, 2.24) is 4.90 Å². The average molecular weight is 248 g/mol. The lowest BCUT2D eigenvalue weighted by atomic mass is 10.1. The number of benzene rings is 1. The molecule has 1 unspecified atom stereocenters. The zero-order valence-electron chi connectivity index (χ0n) is 11.3. The van der Waals surface area contributed by atoms with Gasteiger partial charge in [0.1, 0.15) is 0 Å². The van der Waals surface area contributed by atoms with E-state index in [2.05, 4.69) is 24.0 Å². The Morgan fingerprint density at radius 3 is 2.89 bits per heavy atom. The summed E-state index contributed by atoms with van der Waals surface area (Å²) in [6.45, 7) is 6.07. The summed E-state index contributed by atoms with van der Waals surface area (Å²) in [6, 6.07) is 8.72. The number of nitrogen functional groups attached to an aromatic ring is 1. The van der Waals surface area contributed by atoms with Crippen LogP contribution in [-0.4, -0.2) is 30.7 Å². The highest BCUT2D eigenvalue weighted by atomic mass is 16.5. The summed E-state index contributed by atoms with van der Waals surface area (Å²) in [4.78, 5) is 2.52. The highest BCUT2D eigenvalue weighted by Crippen LogP contribution is 2.19. The molecule has 0 saturated carbocycles. The molecule has 1 saturated heterocycles. The standard InChI is InChI=1S/C15H24N2O/c1-2-9-17(14-7-5-10-18-12-14)11-13-6-3-4-8-15(13)16/h3-4,6,8,14H,2,5,7,9-12,16H2,1H3. The molecule has 3 heteroatoms. The molecule has 1 aliphatic heterocycles. The minimum absolute atomic E-state index is 0.554. The van der Waals surface area contributed by atoms with Crippen molar-refractivity contribution >= 4 is 5.69 Å². The Bertz CT molecular complexity index is 361. The van der Waals surface area contributed by atoms with Gasteiger partial charge in [-0.3, -0.25) is 4.90 Å². The second kappa shape index (κ2) is 6.76. The summed E-state index contributed by atoms with van der Waals surface area (Å²) in [5, 5.41) is 0. The minimum atomic E-state index is 0.554. The quantitative estimate of drug-likeness (QED) is 0.814. The zero-order chi connectivity index (χ0) is 12.8. The van der Waals surface area contributed by atoms with Gasteiger partial charge in [0.05, 0.1) is 6.61 Å². The van der Waals surface area contributed by atoms with Gasteiger partial charge in [0.15, 0.2) is 0 Å². The van der Waals surface area contributed by atoms with Gasteiger partial charge in [0.2, 0.25) is 0 Å². The van der Waals surface area contributed by atoms with E-state index in [1.54, 1.807) is 0 Å². The van der Waals surface area contributed by atoms with Crippen molar-refractivity contribution in [2.75, 3.05) is 25.5 Å². The second-order valence-corrected chi connectivity index (χ2v) is 5.04. The maximum atomic E-state index is 6.04. The van der Waals surface area contributed by atoms with E-state index in [-0.39, 0.29) is 0 Å². The first-order chi connectivity index (χ1) is 8.81. The fourth-order valence-electron chi connectivity index (χ4n) is 2.59. The molecule has 0 radical (unpaired) electrons. The van der Waals surface area contributed by atoms with Crippen molar-refractivity contribution in [3.8, 4) is 0 Å². The van der Waals surface area contributed by atoms with E-state index in [4.69, 9.17) is 10.5 Å². The van der Waals surface area contributed by atoms with Gasteiger partial charge in [-0.05, 0) is 37.4 Å². The molecule has 2 rings (SSSR count). The number of hydrogen-bond donors (Lipinski definition) is 1. The molecule has 0 aromatic heterocycles. The molecule has 3 nitrogen and oxygen atoms in total. The summed E-state index contributed by atoms with van der Waals surface area (Å²) < 4.78 is 5.60. The van der Waals surface area contributed by atoms with Crippen molar-refractivity contribution in [3.63, 3.8) is 0 Å². The summed E-state index contributed by atoms with van der Waals surface area (Å²) >= 11 is 0. The molecule has 1 aromatic carbocycles. The van der Waals surface area contributed by atoms with Crippen LogP contribution in [0.3, 0.4) is 0 Å². The average Bonchev–Trinajstić information content (AvgIpc) is 2.42. The maximum Gasteiger partial charge on any atom is 0.0621 e. The summed E-state index contributed by atoms with van der Waals surface area (Å²) in [7, 11) is 0. The number of anilines is 1. The van der Waals surface area contributed by atoms with Gasteiger partial charge in [-0.25, -0.2) is 0 Å². The van der Waals surface area contributed by atoms with Crippen LogP contribution in [0.5, 0.6) is 0 Å². The molecule has 0 aliphatic carbocycles.